The van der Waals surface area contributed by atoms with E-state index in [-0.39, 0.29) is 12.2 Å². The first-order valence-corrected chi connectivity index (χ1v) is 9.60. The molecule has 6 nitrogen and oxygen atoms in total. The number of amides is 1. The number of nitrogens with zero attached hydrogens (tertiary/aromatic N) is 4. The highest BCUT2D eigenvalue weighted by atomic mass is 19.4. The van der Waals surface area contributed by atoms with E-state index in [0.29, 0.717) is 11.1 Å². The van der Waals surface area contributed by atoms with Crippen LogP contribution in [0.1, 0.15) is 29.0 Å². The Labute approximate surface area is 176 Å². The molecule has 10 heteroatoms. The summed E-state index contributed by atoms with van der Waals surface area (Å²) in [5.74, 6) is -1.71. The van der Waals surface area contributed by atoms with Crippen molar-refractivity contribution in [2.75, 3.05) is 25.0 Å². The Morgan fingerprint density at radius 3 is 2.52 bits per heavy atom. The second kappa shape index (κ2) is 9.59. The summed E-state index contributed by atoms with van der Waals surface area (Å²) >= 11 is 0. The molecule has 0 radical (unpaired) electrons. The number of carbonyl (C=O) groups is 1. The fourth-order valence-electron chi connectivity index (χ4n) is 3.05. The third-order valence-corrected chi connectivity index (χ3v) is 4.61. The average Bonchev–Trinajstić information content (AvgIpc) is 3.20. The van der Waals surface area contributed by atoms with E-state index in [4.69, 9.17) is 0 Å². The Kier molecular flexibility index (Phi) is 6.88. The number of rotatable bonds is 8. The molecule has 0 saturated carbocycles. The number of hydrogen-bond donors (Lipinski definition) is 1. The Morgan fingerprint density at radius 2 is 1.84 bits per heavy atom. The van der Waals surface area contributed by atoms with E-state index in [1.165, 1.54) is 12.1 Å². The fourth-order valence-corrected chi connectivity index (χ4v) is 3.05. The van der Waals surface area contributed by atoms with E-state index in [2.05, 4.69) is 15.6 Å². The lowest BCUT2D eigenvalue weighted by molar-refractivity contribution is -0.143. The van der Waals surface area contributed by atoms with Crippen molar-refractivity contribution in [1.29, 1.82) is 0 Å². The second-order valence-corrected chi connectivity index (χ2v) is 6.90. The van der Waals surface area contributed by atoms with Crippen molar-refractivity contribution < 1.29 is 22.4 Å². The summed E-state index contributed by atoms with van der Waals surface area (Å²) in [5.41, 5.74) is -1.32. The van der Waals surface area contributed by atoms with Crippen LogP contribution < -0.4 is 10.2 Å². The zero-order valence-electron chi connectivity index (χ0n) is 16.7. The number of carbonyl (C=O) groups excluding carboxylic acids is 1. The van der Waals surface area contributed by atoms with E-state index >= 15 is 0 Å². The molecule has 164 valence electrons. The van der Waals surface area contributed by atoms with Crippen LogP contribution in [0.2, 0.25) is 0 Å². The largest absolute Gasteiger partial charge is 0.435 e. The lowest BCUT2D eigenvalue weighted by atomic mass is 10.2. The van der Waals surface area contributed by atoms with Crippen molar-refractivity contribution in [3.8, 4) is 5.69 Å². The molecule has 1 aromatic heterocycles. The molecular weight excluding hydrogens is 414 g/mol. The number of aromatic nitrogens is 3. The highest BCUT2D eigenvalue weighted by molar-refractivity contribution is 5.93. The zero-order valence-corrected chi connectivity index (χ0v) is 16.7. The minimum atomic E-state index is -4.90. The summed E-state index contributed by atoms with van der Waals surface area (Å²) in [6.07, 6.45) is -3.60. The number of nitrogens with one attached hydrogen (secondary N) is 1. The molecule has 1 heterocycles. The molecule has 0 saturated heterocycles. The van der Waals surface area contributed by atoms with Gasteiger partial charge in [0.25, 0.3) is 5.91 Å². The van der Waals surface area contributed by atoms with Crippen LogP contribution >= 0.6 is 0 Å². The summed E-state index contributed by atoms with van der Waals surface area (Å²) in [6.45, 7) is 0.912. The molecule has 31 heavy (non-hydrogen) atoms. The van der Waals surface area contributed by atoms with Gasteiger partial charge in [0.1, 0.15) is 5.82 Å². The van der Waals surface area contributed by atoms with Crippen molar-refractivity contribution in [3.05, 3.63) is 71.8 Å². The van der Waals surface area contributed by atoms with Gasteiger partial charge in [0.05, 0.1) is 5.69 Å². The average molecular weight is 435 g/mol. The molecule has 0 atom stereocenters. The van der Waals surface area contributed by atoms with Gasteiger partial charge in [-0.25, -0.2) is 9.07 Å². The molecule has 1 amide bonds. The number of halogens is 4. The number of benzene rings is 2. The van der Waals surface area contributed by atoms with Gasteiger partial charge < -0.3 is 10.2 Å². The summed E-state index contributed by atoms with van der Waals surface area (Å²) in [4.78, 5) is 14.4. The predicted molar refractivity (Wildman–Crippen MR) is 108 cm³/mol. The first-order valence-electron chi connectivity index (χ1n) is 9.60. The van der Waals surface area contributed by atoms with Crippen LogP contribution in [0.3, 0.4) is 0 Å². The Balaban J connectivity index is 1.61. The Hall–Kier alpha value is -3.43. The first kappa shape index (κ1) is 22.3. The smallest absolute Gasteiger partial charge is 0.375 e. The van der Waals surface area contributed by atoms with E-state index in [0.717, 1.165) is 30.8 Å². The highest BCUT2D eigenvalue weighted by Crippen LogP contribution is 2.32. The van der Waals surface area contributed by atoms with Gasteiger partial charge in [0.15, 0.2) is 11.4 Å². The maximum absolute atomic E-state index is 13.6. The Morgan fingerprint density at radius 1 is 1.10 bits per heavy atom. The quantitative estimate of drug-likeness (QED) is 0.428. The topological polar surface area (TPSA) is 63.1 Å². The molecule has 0 unspecified atom stereocenters. The third kappa shape index (κ3) is 5.59. The van der Waals surface area contributed by atoms with Crippen LogP contribution in [0.25, 0.3) is 5.69 Å². The standard InChI is InChI=1S/C21H21F4N5O/c1-29(16-9-3-2-4-10-16)13-6-5-12-26-20(31)18-19(21(23,24)25)30(28-27-18)17-11-7-8-15(22)14-17/h2-4,7-11,14H,5-6,12-13H2,1H3,(H,26,31). The molecule has 1 N–H and O–H groups in total. The third-order valence-electron chi connectivity index (χ3n) is 4.61. The van der Waals surface area contributed by atoms with Gasteiger partial charge in [-0.2, -0.15) is 13.2 Å². The van der Waals surface area contributed by atoms with Gasteiger partial charge in [0, 0.05) is 25.8 Å². The minimum absolute atomic E-state index is 0.178. The van der Waals surface area contributed by atoms with E-state index < -0.39 is 29.3 Å². The van der Waals surface area contributed by atoms with Crippen molar-refractivity contribution in [2.24, 2.45) is 0 Å². The summed E-state index contributed by atoms with van der Waals surface area (Å²) < 4.78 is 54.7. The first-order chi connectivity index (χ1) is 14.8. The van der Waals surface area contributed by atoms with Crippen molar-refractivity contribution in [3.63, 3.8) is 0 Å². The molecule has 0 aliphatic rings. The minimum Gasteiger partial charge on any atom is -0.375 e. The maximum atomic E-state index is 13.6. The summed E-state index contributed by atoms with van der Waals surface area (Å²) in [7, 11) is 1.94. The van der Waals surface area contributed by atoms with E-state index in [1.54, 1.807) is 0 Å². The number of para-hydroxylation sites is 1. The van der Waals surface area contributed by atoms with Gasteiger partial charge >= 0.3 is 6.18 Å². The monoisotopic (exact) mass is 435 g/mol. The lowest BCUT2D eigenvalue weighted by Gasteiger charge is -2.19. The van der Waals surface area contributed by atoms with Crippen LogP contribution in [0.4, 0.5) is 23.2 Å². The molecule has 0 spiro atoms. The molecule has 0 bridgehead atoms. The maximum Gasteiger partial charge on any atom is 0.435 e. The molecule has 0 aliphatic heterocycles. The number of alkyl halides is 3. The van der Waals surface area contributed by atoms with Gasteiger partial charge in [-0.3, -0.25) is 4.79 Å². The molecule has 0 aliphatic carbocycles. The normalized spacial score (nSPS) is 11.4. The van der Waals surface area contributed by atoms with Crippen molar-refractivity contribution in [1.82, 2.24) is 20.3 Å². The molecule has 2 aromatic carbocycles. The van der Waals surface area contributed by atoms with Crippen LogP contribution in [-0.2, 0) is 6.18 Å². The van der Waals surface area contributed by atoms with Gasteiger partial charge in [-0.1, -0.05) is 29.5 Å². The highest BCUT2D eigenvalue weighted by Gasteiger charge is 2.42. The summed E-state index contributed by atoms with van der Waals surface area (Å²) in [5, 5.41) is 9.29. The van der Waals surface area contributed by atoms with Crippen molar-refractivity contribution in [2.45, 2.75) is 19.0 Å². The lowest BCUT2D eigenvalue weighted by Crippen LogP contribution is -2.28. The number of unbranched alkanes of at least 4 members (excludes halogenated alkanes) is 1. The SMILES string of the molecule is CN(CCCCNC(=O)c1nnn(-c2cccc(F)c2)c1C(F)(F)F)c1ccccc1. The van der Waals surface area contributed by atoms with Gasteiger partial charge in [0.2, 0.25) is 0 Å². The Bertz CT molecular complexity index is 1020. The zero-order chi connectivity index (χ0) is 22.4. The van der Waals surface area contributed by atoms with E-state index in [9.17, 15) is 22.4 Å². The van der Waals surface area contributed by atoms with Crippen LogP contribution in [0, 0.1) is 5.82 Å². The fraction of sp³-hybridized carbons (Fsp3) is 0.286. The van der Waals surface area contributed by atoms with Gasteiger partial charge in [-0.05, 0) is 43.2 Å². The summed E-state index contributed by atoms with van der Waals surface area (Å²) in [6, 6.07) is 14.2. The predicted octanol–water partition coefficient (Wildman–Crippen LogP) is 4.07. The molecule has 0 fully saturated rings. The van der Waals surface area contributed by atoms with Gasteiger partial charge in [-0.15, -0.1) is 5.10 Å². The van der Waals surface area contributed by atoms with Crippen molar-refractivity contribution >= 4 is 11.6 Å². The van der Waals surface area contributed by atoms with Crippen LogP contribution in [-0.4, -0.2) is 41.0 Å². The molecular formula is C21H21F4N5O. The number of hydrogen-bond acceptors (Lipinski definition) is 4. The van der Waals surface area contributed by atoms with E-state index in [1.807, 2.05) is 42.3 Å². The van der Waals surface area contributed by atoms with Crippen LogP contribution in [0.15, 0.2) is 54.6 Å². The van der Waals surface area contributed by atoms with Crippen LogP contribution in [0.5, 0.6) is 0 Å². The molecule has 3 aromatic rings. The number of anilines is 1. The molecule has 3 rings (SSSR count). The second-order valence-electron chi connectivity index (χ2n) is 6.90.